The molecule has 2 aliphatic heterocycles. The van der Waals surface area contributed by atoms with E-state index in [1.54, 1.807) is 10.5 Å². The van der Waals surface area contributed by atoms with Crippen LogP contribution in [-0.4, -0.2) is 66.5 Å². The lowest BCUT2D eigenvalue weighted by Gasteiger charge is -2.47. The molecule has 0 amide bonds. The van der Waals surface area contributed by atoms with Crippen molar-refractivity contribution in [3.8, 4) is 10.7 Å². The van der Waals surface area contributed by atoms with Gasteiger partial charge < -0.3 is 9.64 Å². The number of piperidine rings is 1. The molecule has 1 saturated carbocycles. The molecule has 2 saturated heterocycles. The predicted octanol–water partition coefficient (Wildman–Crippen LogP) is 3.19. The van der Waals surface area contributed by atoms with Crippen LogP contribution in [0.15, 0.2) is 23.4 Å². The highest BCUT2D eigenvalue weighted by molar-refractivity contribution is 7.89. The predicted molar refractivity (Wildman–Crippen MR) is 122 cm³/mol. The number of imidazole rings is 1. The van der Waals surface area contributed by atoms with Gasteiger partial charge in [-0.1, -0.05) is 11.3 Å². The molecule has 14 heteroatoms. The number of nitrogens with one attached hydrogen (secondary N) is 1. The van der Waals surface area contributed by atoms with Crippen LogP contribution in [0.1, 0.15) is 37.1 Å². The Hall–Kier alpha value is -2.29. The average molecular weight is 529 g/mol. The van der Waals surface area contributed by atoms with Crippen molar-refractivity contribution in [1.29, 1.82) is 0 Å². The summed E-state index contributed by atoms with van der Waals surface area (Å²) in [5.74, 6) is 0. The quantitative estimate of drug-likeness (QED) is 0.503. The van der Waals surface area contributed by atoms with Gasteiger partial charge in [0.1, 0.15) is 17.3 Å². The number of halogens is 3. The lowest BCUT2D eigenvalue weighted by molar-refractivity contribution is -0.124. The molecule has 0 bridgehead atoms. The van der Waals surface area contributed by atoms with E-state index in [0.29, 0.717) is 43.0 Å². The normalized spacial score (nSPS) is 21.1. The van der Waals surface area contributed by atoms with E-state index in [1.807, 2.05) is 0 Å². The summed E-state index contributed by atoms with van der Waals surface area (Å²) in [6, 6.07) is 1.56. The van der Waals surface area contributed by atoms with E-state index in [9.17, 15) is 21.6 Å². The van der Waals surface area contributed by atoms with Crippen LogP contribution in [0.2, 0.25) is 0 Å². The summed E-state index contributed by atoms with van der Waals surface area (Å²) in [6.07, 6.45) is 2.78. The first kappa shape index (κ1) is 23.1. The lowest BCUT2D eigenvalue weighted by Crippen LogP contribution is -2.51. The number of nitrogens with zero attached hydrogens (tertiary/aromatic N) is 5. The highest BCUT2D eigenvalue weighted by Crippen LogP contribution is 2.42. The van der Waals surface area contributed by atoms with Gasteiger partial charge in [0.05, 0.1) is 30.6 Å². The molecule has 5 heterocycles. The summed E-state index contributed by atoms with van der Waals surface area (Å²) >= 11 is 0.727. The molecule has 1 spiro atoms. The third kappa shape index (κ3) is 3.99. The van der Waals surface area contributed by atoms with Crippen LogP contribution < -0.4 is 9.62 Å². The largest absolute Gasteiger partial charge is 0.380 e. The Morgan fingerprint density at radius 3 is 2.49 bits per heavy atom. The number of hydrogen-bond acceptors (Lipinski definition) is 8. The summed E-state index contributed by atoms with van der Waals surface area (Å²) in [7, 11) is -4.06. The number of hydrogen-bond donors (Lipinski definition) is 1. The van der Waals surface area contributed by atoms with Gasteiger partial charge in [-0.2, -0.15) is 0 Å². The summed E-state index contributed by atoms with van der Waals surface area (Å²) in [5.41, 5.74) is 0.572. The van der Waals surface area contributed by atoms with Crippen molar-refractivity contribution in [3.05, 3.63) is 23.5 Å². The van der Waals surface area contributed by atoms with Crippen molar-refractivity contribution >= 4 is 32.7 Å². The van der Waals surface area contributed by atoms with E-state index in [4.69, 9.17) is 4.74 Å². The summed E-state index contributed by atoms with van der Waals surface area (Å²) in [4.78, 5) is 6.53. The minimum absolute atomic E-state index is 0.0511. The maximum atomic E-state index is 13.5. The highest BCUT2D eigenvalue weighted by atomic mass is 32.2. The van der Waals surface area contributed by atoms with Gasteiger partial charge in [0.2, 0.25) is 10.0 Å². The number of aromatic nitrogens is 4. The van der Waals surface area contributed by atoms with E-state index >= 15 is 0 Å². The van der Waals surface area contributed by atoms with E-state index in [-0.39, 0.29) is 15.3 Å². The van der Waals surface area contributed by atoms with E-state index in [1.165, 1.54) is 12.4 Å². The second-order valence-electron chi connectivity index (χ2n) is 9.64. The topological polar surface area (TPSA) is 102 Å². The Bertz CT molecular complexity index is 1370. The second kappa shape index (κ2) is 8.11. The van der Waals surface area contributed by atoms with Gasteiger partial charge >= 0.3 is 0 Å². The molecule has 35 heavy (non-hydrogen) atoms. The van der Waals surface area contributed by atoms with Crippen LogP contribution in [0.5, 0.6) is 0 Å². The minimum Gasteiger partial charge on any atom is -0.380 e. The van der Waals surface area contributed by atoms with E-state index in [2.05, 4.69) is 24.8 Å². The molecule has 0 radical (unpaired) electrons. The lowest BCUT2D eigenvalue weighted by atomic mass is 9.77. The molecule has 3 aromatic rings. The molecule has 0 aromatic carbocycles. The molecular formula is C21H23F3N6O3S2. The maximum absolute atomic E-state index is 13.5. The van der Waals surface area contributed by atoms with Crippen molar-refractivity contribution in [2.45, 2.75) is 42.5 Å². The van der Waals surface area contributed by atoms with Crippen molar-refractivity contribution in [3.63, 3.8) is 0 Å². The standard InChI is InChI=1S/C21H23F3N6O3S2/c22-10-21(1-2-21)28-35(31,32)13-7-14(29-5-3-20(4-6-29)11-33-12-20)17-25-8-15(30(17)9-13)18-26-27-19(34-18)16(23)24/h7-9,16,28H,1-6,10-12H2. The zero-order valence-corrected chi connectivity index (χ0v) is 20.2. The maximum Gasteiger partial charge on any atom is 0.291 e. The van der Waals surface area contributed by atoms with Gasteiger partial charge in [0.25, 0.3) is 6.43 Å². The van der Waals surface area contributed by atoms with Gasteiger partial charge in [0, 0.05) is 24.7 Å². The SMILES string of the molecule is O=S(=O)(NC1(CF)CC1)c1cc(N2CCC3(CC2)COC3)c2ncc(-c3nnc(C(F)F)s3)n2c1. The average Bonchev–Trinajstić information content (AvgIpc) is 3.21. The minimum atomic E-state index is -4.06. The number of rotatable bonds is 7. The van der Waals surface area contributed by atoms with Crippen LogP contribution in [0, 0.1) is 5.41 Å². The van der Waals surface area contributed by atoms with Crippen molar-refractivity contribution < 1.29 is 26.3 Å². The number of anilines is 1. The fraction of sp³-hybridized carbons (Fsp3) is 0.571. The van der Waals surface area contributed by atoms with Crippen molar-refractivity contribution in [2.24, 2.45) is 5.41 Å². The van der Waals surface area contributed by atoms with Crippen LogP contribution in [0.25, 0.3) is 16.3 Å². The van der Waals surface area contributed by atoms with Gasteiger partial charge in [-0.05, 0) is 31.7 Å². The first-order chi connectivity index (χ1) is 16.7. The van der Waals surface area contributed by atoms with Gasteiger partial charge in [0.15, 0.2) is 15.7 Å². The number of sulfonamides is 1. The molecule has 3 fully saturated rings. The second-order valence-corrected chi connectivity index (χ2v) is 12.3. The van der Waals surface area contributed by atoms with Gasteiger partial charge in [-0.15, -0.1) is 10.2 Å². The first-order valence-corrected chi connectivity index (χ1v) is 13.6. The zero-order chi connectivity index (χ0) is 24.4. The fourth-order valence-corrected chi connectivity index (χ4v) is 6.83. The van der Waals surface area contributed by atoms with Crippen LogP contribution in [0.3, 0.4) is 0 Å². The molecule has 188 valence electrons. The van der Waals surface area contributed by atoms with Gasteiger partial charge in [-0.25, -0.2) is 31.3 Å². The third-order valence-electron chi connectivity index (χ3n) is 7.16. The van der Waals surface area contributed by atoms with E-state index < -0.39 is 33.7 Å². The number of alkyl halides is 3. The molecule has 3 aromatic heterocycles. The fourth-order valence-electron chi connectivity index (χ4n) is 4.67. The molecule has 6 rings (SSSR count). The number of fused-ring (bicyclic) bond motifs is 1. The van der Waals surface area contributed by atoms with Crippen LogP contribution in [-0.2, 0) is 14.8 Å². The smallest absolute Gasteiger partial charge is 0.291 e. The third-order valence-corrected chi connectivity index (χ3v) is 9.66. The Morgan fingerprint density at radius 1 is 1.17 bits per heavy atom. The summed E-state index contributed by atoms with van der Waals surface area (Å²) in [6.45, 7) is 2.07. The van der Waals surface area contributed by atoms with Crippen molar-refractivity contribution in [2.75, 3.05) is 37.9 Å². The number of ether oxygens (including phenoxy) is 1. The number of pyridine rings is 1. The molecule has 1 N–H and O–H groups in total. The Balaban J connectivity index is 1.44. The zero-order valence-electron chi connectivity index (χ0n) is 18.6. The first-order valence-electron chi connectivity index (χ1n) is 11.3. The Morgan fingerprint density at radius 2 is 1.91 bits per heavy atom. The van der Waals surface area contributed by atoms with Crippen LogP contribution >= 0.6 is 11.3 Å². The highest BCUT2D eigenvalue weighted by Gasteiger charge is 2.47. The summed E-state index contributed by atoms with van der Waals surface area (Å²) < 4.78 is 75.7. The molecule has 3 aliphatic rings. The molecule has 9 nitrogen and oxygen atoms in total. The molecule has 0 atom stereocenters. The molecule has 1 aliphatic carbocycles. The van der Waals surface area contributed by atoms with Crippen LogP contribution in [0.4, 0.5) is 18.9 Å². The molecular weight excluding hydrogens is 505 g/mol. The Kier molecular flexibility index (Phi) is 5.36. The molecule has 0 unspecified atom stereocenters. The monoisotopic (exact) mass is 528 g/mol. The summed E-state index contributed by atoms with van der Waals surface area (Å²) in [5, 5.41) is 7.19. The Labute approximate surface area is 203 Å². The van der Waals surface area contributed by atoms with Gasteiger partial charge in [-0.3, -0.25) is 4.40 Å². The van der Waals surface area contributed by atoms with Crippen molar-refractivity contribution in [1.82, 2.24) is 24.3 Å². The van der Waals surface area contributed by atoms with E-state index in [0.717, 1.165) is 37.4 Å².